The number of methoxy groups -OCH3 is 1. The Morgan fingerprint density at radius 2 is 2.35 bits per heavy atom. The molecule has 2 aromatic rings. The molecule has 90 valence electrons. The number of carbonyl (C=O) groups excluding carboxylic acids is 1. The third-order valence-corrected chi connectivity index (χ3v) is 2.85. The minimum Gasteiger partial charge on any atom is -0.497 e. The van der Waals surface area contributed by atoms with Crippen molar-refractivity contribution in [2.45, 2.75) is 6.92 Å². The van der Waals surface area contributed by atoms with Gasteiger partial charge in [-0.3, -0.25) is 4.40 Å². The van der Waals surface area contributed by atoms with E-state index >= 15 is 0 Å². The fourth-order valence-electron chi connectivity index (χ4n) is 1.50. The van der Waals surface area contributed by atoms with Gasteiger partial charge in [0, 0.05) is 12.3 Å². The van der Waals surface area contributed by atoms with Gasteiger partial charge in [-0.15, -0.1) is 0 Å². The van der Waals surface area contributed by atoms with E-state index in [1.807, 2.05) is 0 Å². The van der Waals surface area contributed by atoms with Crippen LogP contribution in [0.5, 0.6) is 5.75 Å². The van der Waals surface area contributed by atoms with Crippen molar-refractivity contribution in [3.8, 4) is 5.75 Å². The molecule has 0 spiro atoms. The van der Waals surface area contributed by atoms with E-state index in [9.17, 15) is 4.79 Å². The lowest BCUT2D eigenvalue weighted by atomic mass is 10.4. The molecule has 0 saturated heterocycles. The second kappa shape index (κ2) is 4.75. The normalized spacial score (nSPS) is 10.5. The highest BCUT2D eigenvalue weighted by molar-refractivity contribution is 9.10. The molecule has 0 atom stereocenters. The summed E-state index contributed by atoms with van der Waals surface area (Å²) in [5.74, 6) is 0.503. The van der Waals surface area contributed by atoms with Crippen LogP contribution in [0.2, 0.25) is 0 Å². The van der Waals surface area contributed by atoms with Crippen molar-refractivity contribution in [3.63, 3.8) is 0 Å². The van der Waals surface area contributed by atoms with Crippen molar-refractivity contribution in [2.24, 2.45) is 0 Å². The fraction of sp³-hybridized carbons (Fsp3) is 0.273. The minimum atomic E-state index is -0.446. The number of nitrogens with zero attached hydrogens (tertiary/aromatic N) is 2. The number of carbonyl (C=O) groups is 1. The SMILES string of the molecule is CCOC(=O)c1nc(Br)c2cc(OC)ccn12. The van der Waals surface area contributed by atoms with Crippen LogP contribution in [0.4, 0.5) is 0 Å². The molecule has 0 bridgehead atoms. The Labute approximate surface area is 106 Å². The number of hydrogen-bond donors (Lipinski definition) is 0. The van der Waals surface area contributed by atoms with E-state index < -0.39 is 5.97 Å². The van der Waals surface area contributed by atoms with Crippen LogP contribution in [0.15, 0.2) is 22.9 Å². The van der Waals surface area contributed by atoms with E-state index in [0.29, 0.717) is 17.0 Å². The summed E-state index contributed by atoms with van der Waals surface area (Å²) in [6.45, 7) is 2.08. The van der Waals surface area contributed by atoms with Gasteiger partial charge in [-0.25, -0.2) is 9.78 Å². The predicted molar refractivity (Wildman–Crippen MR) is 65.4 cm³/mol. The zero-order valence-electron chi connectivity index (χ0n) is 9.44. The van der Waals surface area contributed by atoms with Crippen LogP contribution in [0.25, 0.3) is 5.52 Å². The van der Waals surface area contributed by atoms with Crippen LogP contribution in [-0.2, 0) is 4.74 Å². The van der Waals surface area contributed by atoms with Gasteiger partial charge in [0.2, 0.25) is 5.82 Å². The lowest BCUT2D eigenvalue weighted by Crippen LogP contribution is -2.09. The molecular weight excluding hydrogens is 288 g/mol. The maximum Gasteiger partial charge on any atom is 0.374 e. The average molecular weight is 299 g/mol. The average Bonchev–Trinajstić information content (AvgIpc) is 2.67. The molecule has 17 heavy (non-hydrogen) atoms. The summed E-state index contributed by atoms with van der Waals surface area (Å²) in [6.07, 6.45) is 1.72. The van der Waals surface area contributed by atoms with Gasteiger partial charge in [-0.2, -0.15) is 0 Å². The summed E-state index contributed by atoms with van der Waals surface area (Å²) >= 11 is 3.31. The van der Waals surface area contributed by atoms with Crippen molar-refractivity contribution >= 4 is 27.4 Å². The van der Waals surface area contributed by atoms with Crippen molar-refractivity contribution in [1.29, 1.82) is 0 Å². The molecule has 2 heterocycles. The molecule has 0 unspecified atom stereocenters. The standard InChI is InChI=1S/C11H11BrN2O3/c1-3-17-11(15)10-13-9(12)8-6-7(16-2)4-5-14(8)10/h4-6H,3H2,1-2H3. The molecule has 6 heteroatoms. The molecule has 0 N–H and O–H groups in total. The van der Waals surface area contributed by atoms with E-state index in [1.165, 1.54) is 0 Å². The van der Waals surface area contributed by atoms with Crippen molar-refractivity contribution < 1.29 is 14.3 Å². The molecule has 0 amide bonds. The van der Waals surface area contributed by atoms with Crippen LogP contribution in [0, 0.1) is 0 Å². The van der Waals surface area contributed by atoms with E-state index in [-0.39, 0.29) is 5.82 Å². The van der Waals surface area contributed by atoms with Crippen molar-refractivity contribution in [1.82, 2.24) is 9.38 Å². The highest BCUT2D eigenvalue weighted by Gasteiger charge is 2.17. The maximum atomic E-state index is 11.7. The van der Waals surface area contributed by atoms with Gasteiger partial charge in [0.15, 0.2) is 0 Å². The van der Waals surface area contributed by atoms with Crippen LogP contribution in [-0.4, -0.2) is 29.1 Å². The number of ether oxygens (including phenoxy) is 2. The molecule has 0 fully saturated rings. The second-order valence-electron chi connectivity index (χ2n) is 3.27. The fourth-order valence-corrected chi connectivity index (χ4v) is 1.97. The van der Waals surface area contributed by atoms with Crippen LogP contribution in [0.1, 0.15) is 17.5 Å². The van der Waals surface area contributed by atoms with Gasteiger partial charge in [-0.05, 0) is 28.9 Å². The number of esters is 1. The summed E-state index contributed by atoms with van der Waals surface area (Å²) in [5.41, 5.74) is 0.757. The Morgan fingerprint density at radius 3 is 3.00 bits per heavy atom. The van der Waals surface area contributed by atoms with Gasteiger partial charge in [0.05, 0.1) is 19.2 Å². The lowest BCUT2D eigenvalue weighted by molar-refractivity contribution is 0.0511. The highest BCUT2D eigenvalue weighted by Crippen LogP contribution is 2.23. The molecule has 2 aromatic heterocycles. The molecule has 0 aliphatic carbocycles. The lowest BCUT2D eigenvalue weighted by Gasteiger charge is -2.03. The monoisotopic (exact) mass is 298 g/mol. The molecule has 0 radical (unpaired) electrons. The quantitative estimate of drug-likeness (QED) is 0.816. The molecule has 0 aliphatic heterocycles. The zero-order valence-corrected chi connectivity index (χ0v) is 11.0. The highest BCUT2D eigenvalue weighted by atomic mass is 79.9. The topological polar surface area (TPSA) is 52.8 Å². The number of pyridine rings is 1. The summed E-state index contributed by atoms with van der Waals surface area (Å²) < 4.78 is 12.3. The summed E-state index contributed by atoms with van der Waals surface area (Å²) in [5, 5.41) is 0. The summed E-state index contributed by atoms with van der Waals surface area (Å²) in [6, 6.07) is 3.55. The van der Waals surface area contributed by atoms with Gasteiger partial charge < -0.3 is 9.47 Å². The van der Waals surface area contributed by atoms with Crippen molar-refractivity contribution in [2.75, 3.05) is 13.7 Å². The molecule has 0 saturated carbocycles. The molecule has 0 aliphatic rings. The first-order valence-corrected chi connectivity index (χ1v) is 5.85. The smallest absolute Gasteiger partial charge is 0.374 e. The van der Waals surface area contributed by atoms with Crippen molar-refractivity contribution in [3.05, 3.63) is 28.8 Å². The Kier molecular flexibility index (Phi) is 3.33. The molecule has 5 nitrogen and oxygen atoms in total. The number of rotatable bonds is 3. The Balaban J connectivity index is 2.56. The van der Waals surface area contributed by atoms with E-state index in [0.717, 1.165) is 5.52 Å². The van der Waals surface area contributed by atoms with Gasteiger partial charge >= 0.3 is 5.97 Å². The summed E-state index contributed by atoms with van der Waals surface area (Å²) in [7, 11) is 1.59. The van der Waals surface area contributed by atoms with E-state index in [4.69, 9.17) is 9.47 Å². The largest absolute Gasteiger partial charge is 0.497 e. The number of imidazole rings is 1. The minimum absolute atomic E-state index is 0.247. The first-order chi connectivity index (χ1) is 8.17. The maximum absolute atomic E-state index is 11.7. The zero-order chi connectivity index (χ0) is 12.4. The number of aromatic nitrogens is 2. The second-order valence-corrected chi connectivity index (χ2v) is 4.02. The number of fused-ring (bicyclic) bond motifs is 1. The van der Waals surface area contributed by atoms with Crippen LogP contribution >= 0.6 is 15.9 Å². The van der Waals surface area contributed by atoms with Gasteiger partial charge in [-0.1, -0.05) is 0 Å². The first kappa shape index (κ1) is 11.9. The van der Waals surface area contributed by atoms with Gasteiger partial charge in [0.1, 0.15) is 10.4 Å². The Bertz CT molecular complexity index is 565. The third-order valence-electron chi connectivity index (χ3n) is 2.26. The van der Waals surface area contributed by atoms with Crippen LogP contribution in [0.3, 0.4) is 0 Å². The Hall–Kier alpha value is -1.56. The number of hydrogen-bond acceptors (Lipinski definition) is 4. The molecule has 0 aromatic carbocycles. The van der Waals surface area contributed by atoms with E-state index in [1.54, 1.807) is 36.8 Å². The number of halogens is 1. The van der Waals surface area contributed by atoms with Gasteiger partial charge in [0.25, 0.3) is 0 Å². The van der Waals surface area contributed by atoms with Crippen LogP contribution < -0.4 is 4.74 Å². The third kappa shape index (κ3) is 2.12. The summed E-state index contributed by atoms with van der Waals surface area (Å²) in [4.78, 5) is 15.8. The first-order valence-electron chi connectivity index (χ1n) is 5.06. The van der Waals surface area contributed by atoms with E-state index in [2.05, 4.69) is 20.9 Å². The predicted octanol–water partition coefficient (Wildman–Crippen LogP) is 2.28. The molecule has 2 rings (SSSR count). The molecular formula is C11H11BrN2O3. The Morgan fingerprint density at radius 1 is 1.59 bits per heavy atom.